The number of aromatic nitrogens is 1. The second kappa shape index (κ2) is 8.43. The van der Waals surface area contributed by atoms with Crippen LogP contribution in [-0.2, 0) is 14.3 Å². The van der Waals surface area contributed by atoms with Gasteiger partial charge in [-0.05, 0) is 12.8 Å². The van der Waals surface area contributed by atoms with Crippen molar-refractivity contribution in [3.63, 3.8) is 0 Å². The number of rotatable bonds is 7. The van der Waals surface area contributed by atoms with Crippen molar-refractivity contribution >= 4 is 28.3 Å². The van der Waals surface area contributed by atoms with Crippen LogP contribution < -0.4 is 4.90 Å². The number of esters is 1. The van der Waals surface area contributed by atoms with Crippen LogP contribution in [0.15, 0.2) is 35.7 Å². The van der Waals surface area contributed by atoms with Crippen molar-refractivity contribution in [2.24, 2.45) is 0 Å². The second-order valence-electron chi connectivity index (χ2n) is 5.12. The van der Waals surface area contributed by atoms with Crippen molar-refractivity contribution < 1.29 is 14.3 Å². The van der Waals surface area contributed by atoms with E-state index in [1.807, 2.05) is 35.7 Å². The van der Waals surface area contributed by atoms with Crippen LogP contribution in [0.2, 0.25) is 0 Å². The molecule has 1 aromatic carbocycles. The van der Waals surface area contributed by atoms with E-state index < -0.39 is 0 Å². The summed E-state index contributed by atoms with van der Waals surface area (Å²) >= 11 is 1.45. The SMILES string of the molecule is COC(=O)CCCCC(=O)N(C)c1nc(-c2ccccc2)cs1. The van der Waals surface area contributed by atoms with Crippen LogP contribution in [0, 0.1) is 0 Å². The first-order valence-corrected chi connectivity index (χ1v) is 8.34. The maximum absolute atomic E-state index is 12.2. The number of thiazole rings is 1. The largest absolute Gasteiger partial charge is 0.469 e. The lowest BCUT2D eigenvalue weighted by Crippen LogP contribution is -2.25. The molecule has 0 aliphatic heterocycles. The summed E-state index contributed by atoms with van der Waals surface area (Å²) in [4.78, 5) is 29.3. The lowest BCUT2D eigenvalue weighted by molar-refractivity contribution is -0.140. The number of nitrogens with zero attached hydrogens (tertiary/aromatic N) is 2. The number of ether oxygens (including phenoxy) is 1. The second-order valence-corrected chi connectivity index (χ2v) is 5.95. The number of amides is 1. The normalized spacial score (nSPS) is 10.3. The number of unbranched alkanes of at least 4 members (excludes halogenated alkanes) is 1. The molecule has 2 rings (SSSR count). The summed E-state index contributed by atoms with van der Waals surface area (Å²) in [6.45, 7) is 0. The fraction of sp³-hybridized carbons (Fsp3) is 0.353. The smallest absolute Gasteiger partial charge is 0.305 e. The lowest BCUT2D eigenvalue weighted by Gasteiger charge is -2.13. The van der Waals surface area contributed by atoms with E-state index in [9.17, 15) is 9.59 Å². The summed E-state index contributed by atoms with van der Waals surface area (Å²) in [7, 11) is 3.10. The van der Waals surface area contributed by atoms with Crippen LogP contribution in [0.3, 0.4) is 0 Å². The fourth-order valence-electron chi connectivity index (χ4n) is 2.08. The highest BCUT2D eigenvalue weighted by atomic mass is 32.1. The van der Waals surface area contributed by atoms with Gasteiger partial charge >= 0.3 is 5.97 Å². The Morgan fingerprint density at radius 2 is 1.87 bits per heavy atom. The molecule has 0 unspecified atom stereocenters. The Bertz CT molecular complexity index is 655. The molecule has 2 aromatic rings. The maximum atomic E-state index is 12.2. The summed E-state index contributed by atoms with van der Waals surface area (Å²) < 4.78 is 4.58. The molecule has 0 fully saturated rings. The zero-order valence-corrected chi connectivity index (χ0v) is 14.1. The van der Waals surface area contributed by atoms with Gasteiger partial charge in [-0.2, -0.15) is 0 Å². The van der Waals surface area contributed by atoms with Gasteiger partial charge in [0, 0.05) is 30.8 Å². The van der Waals surface area contributed by atoms with E-state index in [2.05, 4.69) is 9.72 Å². The molecule has 1 heterocycles. The molecular formula is C17H20N2O3S. The zero-order valence-electron chi connectivity index (χ0n) is 13.3. The van der Waals surface area contributed by atoms with Crippen LogP contribution >= 0.6 is 11.3 Å². The highest BCUT2D eigenvalue weighted by molar-refractivity contribution is 7.14. The van der Waals surface area contributed by atoms with Crippen molar-refractivity contribution in [1.82, 2.24) is 4.98 Å². The molecule has 6 heteroatoms. The summed E-state index contributed by atoms with van der Waals surface area (Å²) in [6.07, 6.45) is 2.06. The topological polar surface area (TPSA) is 59.5 Å². The first-order chi connectivity index (χ1) is 11.1. The van der Waals surface area contributed by atoms with Gasteiger partial charge in [-0.3, -0.25) is 14.5 Å². The Balaban J connectivity index is 1.88. The van der Waals surface area contributed by atoms with E-state index in [1.54, 1.807) is 11.9 Å². The van der Waals surface area contributed by atoms with Gasteiger partial charge in [-0.15, -0.1) is 11.3 Å². The Labute approximate surface area is 139 Å². The zero-order chi connectivity index (χ0) is 16.7. The molecule has 1 aromatic heterocycles. The van der Waals surface area contributed by atoms with Crippen molar-refractivity contribution in [2.45, 2.75) is 25.7 Å². The van der Waals surface area contributed by atoms with E-state index in [4.69, 9.17) is 0 Å². The van der Waals surface area contributed by atoms with Gasteiger partial charge in [0.1, 0.15) is 0 Å². The molecule has 0 saturated carbocycles. The molecule has 0 aliphatic rings. The van der Waals surface area contributed by atoms with Crippen molar-refractivity contribution in [1.29, 1.82) is 0 Å². The van der Waals surface area contributed by atoms with Gasteiger partial charge in [0.15, 0.2) is 5.13 Å². The predicted octanol–water partition coefficient (Wildman–Crippen LogP) is 3.51. The number of benzene rings is 1. The van der Waals surface area contributed by atoms with Gasteiger partial charge in [0.2, 0.25) is 5.91 Å². The molecule has 0 spiro atoms. The van der Waals surface area contributed by atoms with E-state index >= 15 is 0 Å². The molecule has 0 aliphatic carbocycles. The summed E-state index contributed by atoms with van der Waals surface area (Å²) in [6, 6.07) is 9.87. The number of hydrogen-bond donors (Lipinski definition) is 0. The summed E-state index contributed by atoms with van der Waals surface area (Å²) in [5.74, 6) is -0.234. The third-order valence-corrected chi connectivity index (χ3v) is 4.39. The van der Waals surface area contributed by atoms with Crippen LogP contribution in [0.25, 0.3) is 11.3 Å². The van der Waals surface area contributed by atoms with Crippen molar-refractivity contribution in [3.05, 3.63) is 35.7 Å². The molecule has 0 N–H and O–H groups in total. The van der Waals surface area contributed by atoms with Gasteiger partial charge in [-0.25, -0.2) is 4.98 Å². The van der Waals surface area contributed by atoms with Gasteiger partial charge in [0.25, 0.3) is 0 Å². The Hall–Kier alpha value is -2.21. The minimum absolute atomic E-state index is 0.00354. The van der Waals surface area contributed by atoms with Gasteiger partial charge < -0.3 is 4.74 Å². The molecule has 0 atom stereocenters. The molecular weight excluding hydrogens is 312 g/mol. The van der Waals surface area contributed by atoms with Crippen molar-refractivity contribution in [2.75, 3.05) is 19.1 Å². The number of anilines is 1. The standard InChI is InChI=1S/C17H20N2O3S/c1-19(15(20)10-6-7-11-16(21)22-2)17-18-14(12-23-17)13-8-4-3-5-9-13/h3-5,8-9,12H,6-7,10-11H2,1-2H3. The summed E-state index contributed by atoms with van der Waals surface area (Å²) in [5.41, 5.74) is 1.91. The third-order valence-electron chi connectivity index (χ3n) is 3.47. The van der Waals surface area contributed by atoms with Gasteiger partial charge in [-0.1, -0.05) is 30.3 Å². The minimum Gasteiger partial charge on any atom is -0.469 e. The first-order valence-electron chi connectivity index (χ1n) is 7.46. The van der Waals surface area contributed by atoms with E-state index in [0.717, 1.165) is 11.3 Å². The predicted molar refractivity (Wildman–Crippen MR) is 91.4 cm³/mol. The molecule has 0 saturated heterocycles. The average molecular weight is 332 g/mol. The number of methoxy groups -OCH3 is 1. The molecule has 122 valence electrons. The first kappa shape index (κ1) is 17.1. The minimum atomic E-state index is -0.238. The molecule has 1 amide bonds. The average Bonchev–Trinajstić information content (AvgIpc) is 3.08. The Kier molecular flexibility index (Phi) is 6.29. The molecule has 5 nitrogen and oxygen atoms in total. The monoisotopic (exact) mass is 332 g/mol. The Morgan fingerprint density at radius 3 is 2.57 bits per heavy atom. The number of carbonyl (C=O) groups excluding carboxylic acids is 2. The quantitative estimate of drug-likeness (QED) is 0.575. The van der Waals surface area contributed by atoms with Crippen LogP contribution in [0.5, 0.6) is 0 Å². The molecule has 23 heavy (non-hydrogen) atoms. The lowest BCUT2D eigenvalue weighted by atomic mass is 10.2. The third kappa shape index (κ3) is 4.89. The van der Waals surface area contributed by atoms with E-state index in [1.165, 1.54) is 18.4 Å². The highest BCUT2D eigenvalue weighted by Gasteiger charge is 2.15. The van der Waals surface area contributed by atoms with Gasteiger partial charge in [0.05, 0.1) is 12.8 Å². The fourth-order valence-corrected chi connectivity index (χ4v) is 2.90. The molecule has 0 bridgehead atoms. The van der Waals surface area contributed by atoms with Crippen LogP contribution in [-0.4, -0.2) is 31.0 Å². The van der Waals surface area contributed by atoms with Crippen LogP contribution in [0.4, 0.5) is 5.13 Å². The number of hydrogen-bond acceptors (Lipinski definition) is 5. The van der Waals surface area contributed by atoms with Crippen molar-refractivity contribution in [3.8, 4) is 11.3 Å². The Morgan fingerprint density at radius 1 is 1.17 bits per heavy atom. The molecule has 0 radical (unpaired) electrons. The van der Waals surface area contributed by atoms with Crippen LogP contribution in [0.1, 0.15) is 25.7 Å². The maximum Gasteiger partial charge on any atom is 0.305 e. The highest BCUT2D eigenvalue weighted by Crippen LogP contribution is 2.27. The number of carbonyl (C=O) groups is 2. The van der Waals surface area contributed by atoms with E-state index in [0.29, 0.717) is 30.8 Å². The summed E-state index contributed by atoms with van der Waals surface area (Å²) in [5, 5.41) is 2.63. The van der Waals surface area contributed by atoms with E-state index in [-0.39, 0.29) is 11.9 Å².